The van der Waals surface area contributed by atoms with E-state index < -0.39 is 0 Å². The molecule has 0 amide bonds. The maximum Gasteiger partial charge on any atom is -0.00516 e. The van der Waals surface area contributed by atoms with Gasteiger partial charge in [-0.3, -0.25) is 0 Å². The van der Waals surface area contributed by atoms with Gasteiger partial charge in [0.25, 0.3) is 0 Å². The summed E-state index contributed by atoms with van der Waals surface area (Å²) < 4.78 is 0. The van der Waals surface area contributed by atoms with E-state index in [0.717, 1.165) is 12.8 Å². The Morgan fingerprint density at radius 1 is 1.28 bits per heavy atom. The van der Waals surface area contributed by atoms with Crippen LogP contribution in [0.3, 0.4) is 0 Å². The molecule has 94 valence electrons. The molecule has 1 aliphatic rings. The van der Waals surface area contributed by atoms with Gasteiger partial charge in [0.1, 0.15) is 0 Å². The lowest BCUT2D eigenvalue weighted by Gasteiger charge is -1.99. The van der Waals surface area contributed by atoms with Gasteiger partial charge in [-0.05, 0) is 41.7 Å². The summed E-state index contributed by atoms with van der Waals surface area (Å²) in [4.78, 5) is 0. The molecule has 0 saturated heterocycles. The molecule has 0 atom stereocenters. The van der Waals surface area contributed by atoms with Crippen molar-refractivity contribution >= 4 is 5.57 Å². The SMILES string of the molecule is C=CC=C=CC1=C(CC)Cc2ccccc21.CC. The third kappa shape index (κ3) is 3.12. The molecule has 0 heterocycles. The lowest BCUT2D eigenvalue weighted by Crippen LogP contribution is -1.81. The minimum atomic E-state index is 1.09. The van der Waals surface area contributed by atoms with Crippen LogP contribution in [-0.2, 0) is 6.42 Å². The van der Waals surface area contributed by atoms with Gasteiger partial charge in [0.05, 0.1) is 0 Å². The van der Waals surface area contributed by atoms with Crippen LogP contribution in [0.2, 0.25) is 0 Å². The Morgan fingerprint density at radius 3 is 2.67 bits per heavy atom. The normalized spacial score (nSPS) is 11.9. The van der Waals surface area contributed by atoms with Crippen LogP contribution >= 0.6 is 0 Å². The van der Waals surface area contributed by atoms with Gasteiger partial charge in [-0.1, -0.05) is 63.3 Å². The van der Waals surface area contributed by atoms with Crippen molar-refractivity contribution in [3.8, 4) is 0 Å². The number of hydrogen-bond acceptors (Lipinski definition) is 0. The number of fused-ring (bicyclic) bond motifs is 1. The summed E-state index contributed by atoms with van der Waals surface area (Å²) in [6.07, 6.45) is 7.88. The molecule has 0 heteroatoms. The zero-order chi connectivity index (χ0) is 13.4. The fourth-order valence-electron chi connectivity index (χ4n) is 2.15. The third-order valence-corrected chi connectivity index (χ3v) is 2.96. The molecular weight excluding hydrogens is 216 g/mol. The Hall–Kier alpha value is -1.78. The van der Waals surface area contributed by atoms with E-state index in [9.17, 15) is 0 Å². The first-order valence-corrected chi connectivity index (χ1v) is 6.70. The van der Waals surface area contributed by atoms with Crippen molar-refractivity contribution in [3.05, 3.63) is 71.5 Å². The van der Waals surface area contributed by atoms with E-state index in [2.05, 4.69) is 49.6 Å². The molecule has 0 nitrogen and oxygen atoms in total. The summed E-state index contributed by atoms with van der Waals surface area (Å²) in [7, 11) is 0. The van der Waals surface area contributed by atoms with Crippen molar-refractivity contribution in [2.75, 3.05) is 0 Å². The van der Waals surface area contributed by atoms with E-state index in [-0.39, 0.29) is 0 Å². The highest BCUT2D eigenvalue weighted by atomic mass is 14.2. The zero-order valence-electron chi connectivity index (χ0n) is 11.7. The molecule has 0 N–H and O–H groups in total. The minimum Gasteiger partial charge on any atom is -0.120 e. The quantitative estimate of drug-likeness (QED) is 0.493. The van der Waals surface area contributed by atoms with Crippen LogP contribution in [0.4, 0.5) is 0 Å². The topological polar surface area (TPSA) is 0 Å². The molecule has 18 heavy (non-hydrogen) atoms. The summed E-state index contributed by atoms with van der Waals surface area (Å²) in [5.41, 5.74) is 8.81. The Bertz CT molecular complexity index is 495. The minimum absolute atomic E-state index is 1.09. The molecule has 0 unspecified atom stereocenters. The molecule has 0 aromatic heterocycles. The van der Waals surface area contributed by atoms with Crippen molar-refractivity contribution in [2.45, 2.75) is 33.6 Å². The first-order chi connectivity index (χ1) is 8.86. The van der Waals surface area contributed by atoms with Gasteiger partial charge in [-0.15, -0.1) is 5.73 Å². The van der Waals surface area contributed by atoms with E-state index in [1.165, 1.54) is 22.3 Å². The van der Waals surface area contributed by atoms with Crippen molar-refractivity contribution in [3.63, 3.8) is 0 Å². The number of rotatable bonds is 3. The Labute approximate surface area is 111 Å². The summed E-state index contributed by atoms with van der Waals surface area (Å²) in [5.74, 6) is 0. The zero-order valence-corrected chi connectivity index (χ0v) is 11.7. The summed E-state index contributed by atoms with van der Waals surface area (Å²) in [6.45, 7) is 9.87. The van der Waals surface area contributed by atoms with E-state index in [0.29, 0.717) is 0 Å². The van der Waals surface area contributed by atoms with Crippen LogP contribution in [0.15, 0.2) is 60.4 Å². The lowest BCUT2D eigenvalue weighted by atomic mass is 10.0. The van der Waals surface area contributed by atoms with Crippen molar-refractivity contribution in [1.29, 1.82) is 0 Å². The van der Waals surface area contributed by atoms with Gasteiger partial charge in [0, 0.05) is 0 Å². The van der Waals surface area contributed by atoms with Gasteiger partial charge in [0.15, 0.2) is 0 Å². The van der Waals surface area contributed by atoms with Crippen molar-refractivity contribution in [2.24, 2.45) is 0 Å². The van der Waals surface area contributed by atoms with E-state index in [1.54, 1.807) is 6.08 Å². The first-order valence-electron chi connectivity index (χ1n) is 6.70. The van der Waals surface area contributed by atoms with Crippen LogP contribution in [0.25, 0.3) is 5.57 Å². The smallest absolute Gasteiger partial charge is 0.00516 e. The molecule has 2 rings (SSSR count). The van der Waals surface area contributed by atoms with Crippen LogP contribution in [0.5, 0.6) is 0 Å². The molecule has 0 spiro atoms. The average Bonchev–Trinajstić information content (AvgIpc) is 2.80. The third-order valence-electron chi connectivity index (χ3n) is 2.96. The standard InChI is InChI=1S/C16H16.C2H6/c1-3-5-6-10-15-13(4-2)12-14-9-7-8-11-16(14)15;1-2/h3,5,7-11H,1,4,12H2,2H3;1-2H3. The molecule has 0 fully saturated rings. The van der Waals surface area contributed by atoms with Gasteiger partial charge < -0.3 is 0 Å². The summed E-state index contributed by atoms with van der Waals surface area (Å²) in [6, 6.07) is 8.61. The largest absolute Gasteiger partial charge is 0.120 e. The van der Waals surface area contributed by atoms with E-state index in [4.69, 9.17) is 0 Å². The predicted molar refractivity (Wildman–Crippen MR) is 81.6 cm³/mol. The summed E-state index contributed by atoms with van der Waals surface area (Å²) >= 11 is 0. The van der Waals surface area contributed by atoms with Crippen LogP contribution in [-0.4, -0.2) is 0 Å². The molecule has 1 aromatic carbocycles. The fraction of sp³-hybridized carbons (Fsp3) is 0.278. The van der Waals surface area contributed by atoms with E-state index >= 15 is 0 Å². The van der Waals surface area contributed by atoms with Gasteiger partial charge in [-0.25, -0.2) is 0 Å². The first kappa shape index (κ1) is 14.3. The van der Waals surface area contributed by atoms with E-state index in [1.807, 2.05) is 19.9 Å². The van der Waals surface area contributed by atoms with Crippen molar-refractivity contribution < 1.29 is 0 Å². The Morgan fingerprint density at radius 2 is 2.00 bits per heavy atom. The predicted octanol–water partition coefficient (Wildman–Crippen LogP) is 5.33. The lowest BCUT2D eigenvalue weighted by molar-refractivity contribution is 1.04. The van der Waals surface area contributed by atoms with Gasteiger partial charge in [0.2, 0.25) is 0 Å². The van der Waals surface area contributed by atoms with Gasteiger partial charge >= 0.3 is 0 Å². The highest BCUT2D eigenvalue weighted by molar-refractivity contribution is 5.82. The molecule has 0 radical (unpaired) electrons. The number of hydrogen-bond donors (Lipinski definition) is 0. The molecule has 0 bridgehead atoms. The fourth-order valence-corrected chi connectivity index (χ4v) is 2.15. The molecule has 0 saturated carbocycles. The monoisotopic (exact) mass is 238 g/mol. The second-order valence-corrected chi connectivity index (χ2v) is 3.92. The Kier molecular flexibility index (Phi) is 5.97. The average molecular weight is 238 g/mol. The second-order valence-electron chi connectivity index (χ2n) is 3.92. The maximum atomic E-state index is 3.65. The van der Waals surface area contributed by atoms with Crippen LogP contribution in [0.1, 0.15) is 38.3 Å². The number of benzene rings is 1. The maximum absolute atomic E-state index is 3.65. The molecule has 0 aliphatic heterocycles. The highest BCUT2D eigenvalue weighted by Crippen LogP contribution is 2.34. The van der Waals surface area contributed by atoms with Crippen LogP contribution in [0, 0.1) is 0 Å². The Balaban J connectivity index is 0.000000771. The van der Waals surface area contributed by atoms with Crippen molar-refractivity contribution in [1.82, 2.24) is 0 Å². The molecular formula is C18H22. The number of allylic oxidation sites excluding steroid dienone is 4. The summed E-state index contributed by atoms with van der Waals surface area (Å²) in [5, 5.41) is 0. The molecule has 1 aromatic rings. The van der Waals surface area contributed by atoms with Gasteiger partial charge in [-0.2, -0.15) is 0 Å². The highest BCUT2D eigenvalue weighted by Gasteiger charge is 2.17. The van der Waals surface area contributed by atoms with Crippen LogP contribution < -0.4 is 0 Å². The second kappa shape index (κ2) is 7.53. The molecule has 1 aliphatic carbocycles.